The van der Waals surface area contributed by atoms with Gasteiger partial charge in [-0.3, -0.25) is 0 Å². The Bertz CT molecular complexity index is 318. The van der Waals surface area contributed by atoms with Gasteiger partial charge in [-0.25, -0.2) is 4.98 Å². The van der Waals surface area contributed by atoms with Gasteiger partial charge in [0.25, 0.3) is 0 Å². The van der Waals surface area contributed by atoms with Crippen LogP contribution in [0.4, 0.5) is 0 Å². The fourth-order valence-corrected chi connectivity index (χ4v) is 1.41. The summed E-state index contributed by atoms with van der Waals surface area (Å²) >= 11 is 5.64. The van der Waals surface area contributed by atoms with Gasteiger partial charge in [-0.1, -0.05) is 11.6 Å². The Morgan fingerprint density at radius 2 is 2.33 bits per heavy atom. The lowest BCUT2D eigenvalue weighted by Gasteiger charge is -2.39. The highest BCUT2D eigenvalue weighted by Crippen LogP contribution is 2.27. The van der Waals surface area contributed by atoms with Crippen LogP contribution in [-0.4, -0.2) is 36.5 Å². The zero-order chi connectivity index (χ0) is 10.7. The Balaban J connectivity index is 1.90. The van der Waals surface area contributed by atoms with Crippen LogP contribution in [0.2, 0.25) is 5.15 Å². The zero-order valence-electron chi connectivity index (χ0n) is 8.15. The monoisotopic (exact) mass is 229 g/mol. The Kier molecular flexibility index (Phi) is 3.09. The maximum absolute atomic E-state index is 9.16. The van der Waals surface area contributed by atoms with E-state index in [-0.39, 0.29) is 12.0 Å². The molecule has 0 radical (unpaired) electrons. The molecule has 1 saturated heterocycles. The van der Waals surface area contributed by atoms with Crippen LogP contribution in [0.15, 0.2) is 18.3 Å². The Hall–Kier alpha value is -0.840. The Morgan fingerprint density at radius 3 is 2.80 bits per heavy atom. The molecule has 1 aromatic heterocycles. The van der Waals surface area contributed by atoms with Gasteiger partial charge in [-0.15, -0.1) is 0 Å². The average molecular weight is 230 g/mol. The number of nitrogens with zero attached hydrogens (tertiary/aromatic N) is 1. The number of aromatic nitrogens is 1. The van der Waals surface area contributed by atoms with Crippen LogP contribution in [0.1, 0.15) is 0 Å². The fraction of sp³-hybridized carbons (Fsp3) is 0.500. The van der Waals surface area contributed by atoms with E-state index in [1.165, 1.54) is 0 Å². The van der Waals surface area contributed by atoms with Gasteiger partial charge in [0.15, 0.2) is 0 Å². The molecule has 0 saturated carbocycles. The van der Waals surface area contributed by atoms with Crippen molar-refractivity contribution in [3.05, 3.63) is 23.5 Å². The van der Waals surface area contributed by atoms with E-state index in [2.05, 4.69) is 4.98 Å². The predicted octanol–water partition coefficient (Wildman–Crippen LogP) is 1.12. The molecule has 0 bridgehead atoms. The number of aliphatic hydroxyl groups is 1. The molecule has 82 valence electrons. The molecule has 1 fully saturated rings. The average Bonchev–Trinajstić information content (AvgIpc) is 2.20. The fourth-order valence-electron chi connectivity index (χ4n) is 1.30. The van der Waals surface area contributed by atoms with Gasteiger partial charge in [0.2, 0.25) is 0 Å². The summed E-state index contributed by atoms with van der Waals surface area (Å²) in [5.74, 6) is 0.652. The van der Waals surface area contributed by atoms with Crippen molar-refractivity contribution in [3.63, 3.8) is 0 Å². The lowest BCUT2D eigenvalue weighted by Crippen LogP contribution is -2.49. The number of pyridine rings is 1. The van der Waals surface area contributed by atoms with Gasteiger partial charge in [0, 0.05) is 0 Å². The van der Waals surface area contributed by atoms with E-state index in [0.717, 1.165) is 0 Å². The van der Waals surface area contributed by atoms with Gasteiger partial charge in [-0.2, -0.15) is 0 Å². The van der Waals surface area contributed by atoms with E-state index in [9.17, 15) is 0 Å². The maximum atomic E-state index is 9.16. The Labute approximate surface area is 92.8 Å². The van der Waals surface area contributed by atoms with Crippen LogP contribution in [0.5, 0.6) is 5.75 Å². The molecule has 0 spiro atoms. The molecule has 2 heterocycles. The minimum Gasteiger partial charge on any atom is -0.491 e. The molecule has 2 rings (SSSR count). The van der Waals surface area contributed by atoms with Crippen LogP contribution in [0.3, 0.4) is 0 Å². The molecule has 1 aliphatic rings. The molecule has 0 aliphatic carbocycles. The molecule has 1 aromatic rings. The molecular formula is C10H12ClNO3. The van der Waals surface area contributed by atoms with E-state index >= 15 is 0 Å². The number of ether oxygens (including phenoxy) is 2. The molecule has 4 nitrogen and oxygen atoms in total. The van der Waals surface area contributed by atoms with Crippen LogP contribution >= 0.6 is 11.6 Å². The second-order valence-electron chi connectivity index (χ2n) is 3.76. The molecule has 0 aromatic carbocycles. The molecule has 0 amide bonds. The van der Waals surface area contributed by atoms with E-state index < -0.39 is 0 Å². The molecule has 0 unspecified atom stereocenters. The first-order chi connectivity index (χ1) is 7.24. The third-order valence-corrected chi connectivity index (χ3v) is 2.62. The quantitative estimate of drug-likeness (QED) is 0.787. The molecular weight excluding hydrogens is 218 g/mol. The van der Waals surface area contributed by atoms with E-state index in [4.69, 9.17) is 26.2 Å². The highest BCUT2D eigenvalue weighted by Gasteiger charge is 2.39. The smallest absolute Gasteiger partial charge is 0.137 e. The molecule has 1 N–H and O–H groups in total. The van der Waals surface area contributed by atoms with E-state index in [0.29, 0.717) is 30.7 Å². The summed E-state index contributed by atoms with van der Waals surface area (Å²) < 4.78 is 10.6. The minimum absolute atomic E-state index is 0.0774. The number of rotatable bonds is 4. The summed E-state index contributed by atoms with van der Waals surface area (Å²) in [5.41, 5.74) is -0.236. The van der Waals surface area contributed by atoms with Gasteiger partial charge in [0.1, 0.15) is 17.5 Å². The van der Waals surface area contributed by atoms with Crippen LogP contribution in [-0.2, 0) is 4.74 Å². The highest BCUT2D eigenvalue weighted by atomic mass is 35.5. The van der Waals surface area contributed by atoms with Gasteiger partial charge < -0.3 is 14.6 Å². The van der Waals surface area contributed by atoms with Crippen molar-refractivity contribution in [3.8, 4) is 5.75 Å². The standard InChI is InChI=1S/C10H12ClNO3/c11-9-2-1-8(3-12-9)15-7-10(4-13)5-14-6-10/h1-3,13H,4-7H2. The topological polar surface area (TPSA) is 51.6 Å². The number of hydrogen-bond donors (Lipinski definition) is 1. The summed E-state index contributed by atoms with van der Waals surface area (Å²) in [6.07, 6.45) is 1.56. The van der Waals surface area contributed by atoms with Crippen molar-refractivity contribution in [2.24, 2.45) is 5.41 Å². The summed E-state index contributed by atoms with van der Waals surface area (Å²) in [5, 5.41) is 9.60. The van der Waals surface area contributed by atoms with Crippen molar-refractivity contribution < 1.29 is 14.6 Å². The number of hydrogen-bond acceptors (Lipinski definition) is 4. The zero-order valence-corrected chi connectivity index (χ0v) is 8.91. The van der Waals surface area contributed by atoms with Crippen LogP contribution < -0.4 is 4.74 Å². The lowest BCUT2D eigenvalue weighted by molar-refractivity contribution is -0.153. The predicted molar refractivity (Wildman–Crippen MR) is 55.1 cm³/mol. The largest absolute Gasteiger partial charge is 0.491 e. The first kappa shape index (κ1) is 10.7. The van der Waals surface area contributed by atoms with Crippen molar-refractivity contribution in [1.29, 1.82) is 0 Å². The molecule has 15 heavy (non-hydrogen) atoms. The van der Waals surface area contributed by atoms with Crippen molar-refractivity contribution in [2.45, 2.75) is 0 Å². The van der Waals surface area contributed by atoms with Crippen LogP contribution in [0, 0.1) is 5.41 Å². The minimum atomic E-state index is -0.236. The number of halogens is 1. The summed E-state index contributed by atoms with van der Waals surface area (Å²) in [6, 6.07) is 3.42. The second kappa shape index (κ2) is 4.35. The first-order valence-electron chi connectivity index (χ1n) is 4.67. The van der Waals surface area contributed by atoms with Gasteiger partial charge in [0.05, 0.1) is 31.4 Å². The maximum Gasteiger partial charge on any atom is 0.137 e. The van der Waals surface area contributed by atoms with Crippen molar-refractivity contribution in [1.82, 2.24) is 4.98 Å². The van der Waals surface area contributed by atoms with Crippen LogP contribution in [0.25, 0.3) is 0 Å². The second-order valence-corrected chi connectivity index (χ2v) is 4.14. The lowest BCUT2D eigenvalue weighted by atomic mass is 9.88. The molecule has 5 heteroatoms. The third-order valence-electron chi connectivity index (χ3n) is 2.40. The van der Waals surface area contributed by atoms with Crippen molar-refractivity contribution in [2.75, 3.05) is 26.4 Å². The Morgan fingerprint density at radius 1 is 1.53 bits per heavy atom. The summed E-state index contributed by atoms with van der Waals surface area (Å²) in [7, 11) is 0. The number of aliphatic hydroxyl groups excluding tert-OH is 1. The highest BCUT2D eigenvalue weighted by molar-refractivity contribution is 6.29. The van der Waals surface area contributed by atoms with Crippen molar-refractivity contribution >= 4 is 11.6 Å². The van der Waals surface area contributed by atoms with E-state index in [1.807, 2.05) is 0 Å². The summed E-state index contributed by atoms with van der Waals surface area (Å²) in [4.78, 5) is 3.90. The SMILES string of the molecule is OCC1(COc2ccc(Cl)nc2)COC1. The van der Waals surface area contributed by atoms with Gasteiger partial charge >= 0.3 is 0 Å². The van der Waals surface area contributed by atoms with E-state index in [1.54, 1.807) is 18.3 Å². The normalized spacial score (nSPS) is 18.3. The first-order valence-corrected chi connectivity index (χ1v) is 5.05. The molecule has 1 aliphatic heterocycles. The third kappa shape index (κ3) is 2.40. The summed E-state index contributed by atoms with van der Waals surface area (Å²) in [6.45, 7) is 1.61. The molecule has 0 atom stereocenters. The van der Waals surface area contributed by atoms with Gasteiger partial charge in [-0.05, 0) is 12.1 Å².